The van der Waals surface area contributed by atoms with Gasteiger partial charge in [0.1, 0.15) is 0 Å². The largest absolute Gasteiger partial charge is 0.374 e. The van der Waals surface area contributed by atoms with Gasteiger partial charge in [0.2, 0.25) is 16.2 Å². The van der Waals surface area contributed by atoms with E-state index < -0.39 is 0 Å². The second-order valence-corrected chi connectivity index (χ2v) is 9.97. The third-order valence-corrected chi connectivity index (χ3v) is 7.54. The highest BCUT2D eigenvalue weighted by atomic mass is 32.2. The normalized spacial score (nSPS) is 11.0. The van der Waals surface area contributed by atoms with E-state index in [9.17, 15) is 4.79 Å². The van der Waals surface area contributed by atoms with Crippen LogP contribution in [0.15, 0.2) is 51.1 Å². The van der Waals surface area contributed by atoms with Gasteiger partial charge in [0.15, 0.2) is 8.68 Å². The lowest BCUT2D eigenvalue weighted by molar-refractivity contribution is -0.113. The number of carbonyl (C=O) groups is 1. The van der Waals surface area contributed by atoms with E-state index in [2.05, 4.69) is 56.0 Å². The first-order valence-corrected chi connectivity index (χ1v) is 11.7. The van der Waals surface area contributed by atoms with E-state index in [4.69, 9.17) is 5.73 Å². The fraction of sp³-hybridized carbons (Fsp3) is 0.118. The van der Waals surface area contributed by atoms with Gasteiger partial charge in [-0.3, -0.25) is 10.1 Å². The third-order valence-electron chi connectivity index (χ3n) is 3.63. The summed E-state index contributed by atoms with van der Waals surface area (Å²) in [7, 11) is 0. The van der Waals surface area contributed by atoms with Crippen molar-refractivity contribution in [3.05, 3.63) is 48.0 Å². The minimum absolute atomic E-state index is 0.166. The number of thioether (sulfide) groups is 2. The van der Waals surface area contributed by atoms with E-state index in [-0.39, 0.29) is 11.7 Å². The number of hydrogen-bond acceptors (Lipinski definition) is 10. The molecule has 142 valence electrons. The first kappa shape index (κ1) is 19.1. The molecular weight excluding hydrogens is 432 g/mol. The molecule has 28 heavy (non-hydrogen) atoms. The predicted octanol–water partition coefficient (Wildman–Crippen LogP) is 4.15. The molecule has 2 aromatic carbocycles. The number of nitrogens with one attached hydrogen (secondary N) is 1. The van der Waals surface area contributed by atoms with Crippen molar-refractivity contribution in [2.45, 2.75) is 14.4 Å². The van der Waals surface area contributed by atoms with Crippen LogP contribution in [0.3, 0.4) is 0 Å². The molecule has 0 radical (unpaired) electrons. The van der Waals surface area contributed by atoms with Crippen LogP contribution in [-0.4, -0.2) is 32.1 Å². The van der Waals surface area contributed by atoms with Crippen LogP contribution in [-0.2, 0) is 10.5 Å². The molecular formula is C17H14N6OS4. The Hall–Kier alpha value is -2.21. The number of benzene rings is 2. The maximum Gasteiger partial charge on any atom is 0.236 e. The molecule has 2 aromatic heterocycles. The summed E-state index contributed by atoms with van der Waals surface area (Å²) >= 11 is 5.52. The number of amides is 1. The van der Waals surface area contributed by atoms with E-state index in [0.29, 0.717) is 14.6 Å². The number of nitrogens with two attached hydrogens (primary N) is 1. The van der Waals surface area contributed by atoms with Crippen molar-refractivity contribution in [3.8, 4) is 0 Å². The minimum Gasteiger partial charge on any atom is -0.374 e. The monoisotopic (exact) mass is 446 g/mol. The van der Waals surface area contributed by atoms with E-state index in [1.54, 1.807) is 11.8 Å². The minimum atomic E-state index is -0.166. The van der Waals surface area contributed by atoms with Gasteiger partial charge in [0, 0.05) is 5.75 Å². The van der Waals surface area contributed by atoms with Crippen LogP contribution >= 0.6 is 46.2 Å². The number of carbonyl (C=O) groups excluding carboxylic acids is 1. The molecule has 0 bridgehead atoms. The number of nitrogen functional groups attached to an aromatic ring is 1. The molecule has 0 aliphatic heterocycles. The zero-order valence-corrected chi connectivity index (χ0v) is 17.6. The molecule has 4 rings (SSSR count). The Morgan fingerprint density at radius 3 is 2.61 bits per heavy atom. The maximum atomic E-state index is 12.1. The molecule has 0 saturated heterocycles. The summed E-state index contributed by atoms with van der Waals surface area (Å²) in [6.07, 6.45) is 0. The number of anilines is 2. The van der Waals surface area contributed by atoms with Gasteiger partial charge in [-0.25, -0.2) is 0 Å². The van der Waals surface area contributed by atoms with Crippen molar-refractivity contribution < 1.29 is 4.79 Å². The van der Waals surface area contributed by atoms with Crippen LogP contribution < -0.4 is 11.1 Å². The zero-order valence-electron chi connectivity index (χ0n) is 14.4. The highest BCUT2D eigenvalue weighted by molar-refractivity contribution is 8.01. The fourth-order valence-corrected chi connectivity index (χ4v) is 5.65. The quantitative estimate of drug-likeness (QED) is 0.322. The molecule has 0 spiro atoms. The van der Waals surface area contributed by atoms with Gasteiger partial charge in [0.05, 0.1) is 5.75 Å². The highest BCUT2D eigenvalue weighted by Gasteiger charge is 2.11. The lowest BCUT2D eigenvalue weighted by Crippen LogP contribution is -2.13. The predicted molar refractivity (Wildman–Crippen MR) is 117 cm³/mol. The molecule has 2 heterocycles. The van der Waals surface area contributed by atoms with Gasteiger partial charge in [-0.1, -0.05) is 88.7 Å². The van der Waals surface area contributed by atoms with Gasteiger partial charge in [0.25, 0.3) is 0 Å². The van der Waals surface area contributed by atoms with Gasteiger partial charge in [-0.15, -0.1) is 20.4 Å². The molecule has 0 unspecified atom stereocenters. The first-order chi connectivity index (χ1) is 13.7. The average molecular weight is 447 g/mol. The van der Waals surface area contributed by atoms with Crippen LogP contribution in [0.2, 0.25) is 0 Å². The maximum absolute atomic E-state index is 12.1. The molecule has 1 amide bonds. The molecule has 0 saturated carbocycles. The topological polar surface area (TPSA) is 107 Å². The van der Waals surface area contributed by atoms with Crippen molar-refractivity contribution in [2.24, 2.45) is 0 Å². The number of rotatable bonds is 7. The Kier molecular flexibility index (Phi) is 6.05. The summed E-state index contributed by atoms with van der Waals surface area (Å²) in [5.74, 6) is 0.839. The lowest BCUT2D eigenvalue weighted by Gasteiger charge is -2.04. The molecule has 0 aliphatic rings. The van der Waals surface area contributed by atoms with Crippen molar-refractivity contribution in [3.63, 3.8) is 0 Å². The molecule has 3 N–H and O–H groups in total. The van der Waals surface area contributed by atoms with Crippen LogP contribution in [0.25, 0.3) is 10.8 Å². The second kappa shape index (κ2) is 8.86. The van der Waals surface area contributed by atoms with Gasteiger partial charge < -0.3 is 5.73 Å². The summed E-state index contributed by atoms with van der Waals surface area (Å²) < 4.78 is 1.48. The lowest BCUT2D eigenvalue weighted by atomic mass is 10.1. The second-order valence-electron chi connectivity index (χ2n) is 5.54. The van der Waals surface area contributed by atoms with Crippen LogP contribution in [0.4, 0.5) is 10.3 Å². The van der Waals surface area contributed by atoms with E-state index in [1.165, 1.54) is 50.8 Å². The van der Waals surface area contributed by atoms with Crippen LogP contribution in [0, 0.1) is 0 Å². The Bertz CT molecular complexity index is 1110. The fourth-order valence-electron chi connectivity index (χ4n) is 2.44. The van der Waals surface area contributed by atoms with Gasteiger partial charge >= 0.3 is 0 Å². The van der Waals surface area contributed by atoms with Crippen molar-refractivity contribution in [2.75, 3.05) is 16.8 Å². The SMILES string of the molecule is Nc1nnc(SCC(=O)Nc2nnc(SCc3cccc4ccccc34)s2)s1. The molecule has 0 atom stereocenters. The third kappa shape index (κ3) is 4.79. The summed E-state index contributed by atoms with van der Waals surface area (Å²) in [6, 6.07) is 14.6. The molecule has 11 heteroatoms. The van der Waals surface area contributed by atoms with Crippen molar-refractivity contribution in [1.82, 2.24) is 20.4 Å². The Morgan fingerprint density at radius 2 is 1.75 bits per heavy atom. The summed E-state index contributed by atoms with van der Waals surface area (Å²) in [5.41, 5.74) is 6.77. The van der Waals surface area contributed by atoms with Gasteiger partial charge in [-0.2, -0.15) is 0 Å². The van der Waals surface area contributed by atoms with Crippen molar-refractivity contribution >= 4 is 73.1 Å². The standard InChI is InChI=1S/C17H14N6OS4/c18-14-20-22-16(27-14)26-9-13(24)19-15-21-23-17(28-15)25-8-11-6-3-5-10-4-1-2-7-12(10)11/h1-7H,8-9H2,(H2,18,20)(H,19,21,24). The number of aromatic nitrogens is 4. The first-order valence-electron chi connectivity index (χ1n) is 8.12. The smallest absolute Gasteiger partial charge is 0.236 e. The average Bonchev–Trinajstić information content (AvgIpc) is 3.33. The Labute approximate surface area is 177 Å². The zero-order chi connectivity index (χ0) is 19.3. The summed E-state index contributed by atoms with van der Waals surface area (Å²) in [5, 5.41) is 21.9. The molecule has 0 fully saturated rings. The number of hydrogen-bond donors (Lipinski definition) is 2. The van der Waals surface area contributed by atoms with Crippen LogP contribution in [0.1, 0.15) is 5.56 Å². The molecule has 0 aliphatic carbocycles. The molecule has 4 aromatic rings. The van der Waals surface area contributed by atoms with Crippen LogP contribution in [0.5, 0.6) is 0 Å². The summed E-state index contributed by atoms with van der Waals surface area (Å²) in [4.78, 5) is 12.1. The highest BCUT2D eigenvalue weighted by Crippen LogP contribution is 2.31. The number of nitrogens with zero attached hydrogens (tertiary/aromatic N) is 4. The Morgan fingerprint density at radius 1 is 0.964 bits per heavy atom. The summed E-state index contributed by atoms with van der Waals surface area (Å²) in [6.45, 7) is 0. The van der Waals surface area contributed by atoms with E-state index >= 15 is 0 Å². The Balaban J connectivity index is 1.32. The molecule has 7 nitrogen and oxygen atoms in total. The van der Waals surface area contributed by atoms with E-state index in [0.717, 1.165) is 10.1 Å². The van der Waals surface area contributed by atoms with Crippen molar-refractivity contribution in [1.29, 1.82) is 0 Å². The van der Waals surface area contributed by atoms with Gasteiger partial charge in [-0.05, 0) is 16.3 Å². The van der Waals surface area contributed by atoms with E-state index in [1.807, 2.05) is 12.1 Å². The number of fused-ring (bicyclic) bond motifs is 1.